The van der Waals surface area contributed by atoms with Crippen LogP contribution >= 0.6 is 11.3 Å². The Labute approximate surface area is 159 Å². The maximum atomic E-state index is 4.99. The largest absolute Gasteiger partial charge is 0.327 e. The predicted octanol–water partition coefficient (Wildman–Crippen LogP) is 4.14. The summed E-state index contributed by atoms with van der Waals surface area (Å²) in [6.07, 6.45) is 4.30. The van der Waals surface area contributed by atoms with Crippen LogP contribution in [-0.2, 0) is 6.42 Å². The minimum atomic E-state index is 0.742. The molecule has 0 spiro atoms. The van der Waals surface area contributed by atoms with Crippen molar-refractivity contribution in [2.45, 2.75) is 13.3 Å². The number of aromatic nitrogens is 6. The van der Waals surface area contributed by atoms with Crippen LogP contribution in [0.3, 0.4) is 0 Å². The quantitative estimate of drug-likeness (QED) is 0.515. The van der Waals surface area contributed by atoms with E-state index in [9.17, 15) is 0 Å². The number of nitrogens with zero attached hydrogens (tertiary/aromatic N) is 5. The summed E-state index contributed by atoms with van der Waals surface area (Å²) >= 11 is 1.63. The molecular weight excluding hydrogens is 356 g/mol. The zero-order chi connectivity index (χ0) is 18.2. The van der Waals surface area contributed by atoms with Gasteiger partial charge in [0.05, 0.1) is 27.3 Å². The highest BCUT2D eigenvalue weighted by Gasteiger charge is 2.21. The summed E-state index contributed by atoms with van der Waals surface area (Å²) < 4.78 is 1.90. The standard InChI is InChI=1S/C20H16N6S/c1-13-17(16-9-5-6-10-26(16)25-13)20-23-15(11-14-7-3-2-4-8-14)18(27-20)19-21-12-22-24-19/h2-10,12H,11H2,1H3,(H,21,22,24). The number of benzene rings is 1. The fraction of sp³-hybridized carbons (Fsp3) is 0.100. The predicted molar refractivity (Wildman–Crippen MR) is 106 cm³/mol. The van der Waals surface area contributed by atoms with E-state index >= 15 is 0 Å². The van der Waals surface area contributed by atoms with Gasteiger partial charge in [0.25, 0.3) is 0 Å². The molecule has 27 heavy (non-hydrogen) atoms. The highest BCUT2D eigenvalue weighted by atomic mass is 32.1. The summed E-state index contributed by atoms with van der Waals surface area (Å²) in [5, 5.41) is 13.7. The number of fused-ring (bicyclic) bond motifs is 1. The number of thiazole rings is 1. The van der Waals surface area contributed by atoms with E-state index in [1.165, 1.54) is 5.56 Å². The lowest BCUT2D eigenvalue weighted by molar-refractivity contribution is 0.934. The molecule has 0 aliphatic carbocycles. The molecule has 7 heteroatoms. The second-order valence-corrected chi connectivity index (χ2v) is 7.28. The van der Waals surface area contributed by atoms with Gasteiger partial charge in [-0.3, -0.25) is 0 Å². The lowest BCUT2D eigenvalue weighted by atomic mass is 10.1. The average Bonchev–Trinajstić information content (AvgIpc) is 3.40. The molecule has 4 aromatic heterocycles. The van der Waals surface area contributed by atoms with E-state index < -0.39 is 0 Å². The minimum Gasteiger partial charge on any atom is -0.327 e. The van der Waals surface area contributed by atoms with Gasteiger partial charge in [0.15, 0.2) is 5.82 Å². The molecule has 0 fully saturated rings. The van der Waals surface area contributed by atoms with Gasteiger partial charge in [0.1, 0.15) is 11.3 Å². The van der Waals surface area contributed by atoms with Crippen molar-refractivity contribution < 1.29 is 0 Å². The van der Waals surface area contributed by atoms with E-state index in [1.54, 1.807) is 17.7 Å². The molecule has 5 aromatic rings. The summed E-state index contributed by atoms with van der Waals surface area (Å²) in [5.41, 5.74) is 5.30. The molecule has 5 rings (SSSR count). The Bertz CT molecular complexity index is 1200. The number of aryl methyl sites for hydroxylation is 1. The average molecular weight is 372 g/mol. The number of hydrogen-bond donors (Lipinski definition) is 1. The van der Waals surface area contributed by atoms with E-state index in [-0.39, 0.29) is 0 Å². The molecule has 1 N–H and O–H groups in total. The Morgan fingerprint density at radius 2 is 1.93 bits per heavy atom. The Hall–Kier alpha value is -3.32. The van der Waals surface area contributed by atoms with Crippen LogP contribution in [0.2, 0.25) is 0 Å². The first-order chi connectivity index (χ1) is 13.3. The normalized spacial score (nSPS) is 11.3. The maximum absolute atomic E-state index is 4.99. The molecule has 0 amide bonds. The fourth-order valence-corrected chi connectivity index (χ4v) is 4.39. The van der Waals surface area contributed by atoms with Gasteiger partial charge in [-0.1, -0.05) is 36.4 Å². The number of hydrogen-bond acceptors (Lipinski definition) is 5. The van der Waals surface area contributed by atoms with Gasteiger partial charge >= 0.3 is 0 Å². The van der Waals surface area contributed by atoms with Crippen LogP contribution in [0, 0.1) is 6.92 Å². The summed E-state index contributed by atoms with van der Waals surface area (Å²) in [6.45, 7) is 2.02. The molecule has 6 nitrogen and oxygen atoms in total. The number of rotatable bonds is 4. The van der Waals surface area contributed by atoms with Crippen molar-refractivity contribution in [3.8, 4) is 21.3 Å². The number of aromatic amines is 1. The molecule has 1 aromatic carbocycles. The number of pyridine rings is 1. The summed E-state index contributed by atoms with van der Waals surface area (Å²) in [7, 11) is 0. The highest BCUT2D eigenvalue weighted by molar-refractivity contribution is 7.18. The van der Waals surface area contributed by atoms with Crippen molar-refractivity contribution in [1.29, 1.82) is 0 Å². The number of nitrogens with one attached hydrogen (secondary N) is 1. The van der Waals surface area contributed by atoms with Crippen molar-refractivity contribution in [2.24, 2.45) is 0 Å². The Kier molecular flexibility index (Phi) is 3.79. The zero-order valence-corrected chi connectivity index (χ0v) is 15.4. The van der Waals surface area contributed by atoms with E-state index in [0.717, 1.165) is 44.6 Å². The molecule has 0 aliphatic heterocycles. The third kappa shape index (κ3) is 2.82. The van der Waals surface area contributed by atoms with E-state index in [2.05, 4.69) is 38.5 Å². The second-order valence-electron chi connectivity index (χ2n) is 6.29. The van der Waals surface area contributed by atoms with Crippen LogP contribution in [0.1, 0.15) is 17.0 Å². The lowest BCUT2D eigenvalue weighted by Crippen LogP contribution is -1.92. The van der Waals surface area contributed by atoms with Gasteiger partial charge in [-0.15, -0.1) is 21.5 Å². The third-order valence-electron chi connectivity index (χ3n) is 4.47. The summed E-state index contributed by atoms with van der Waals surface area (Å²) in [6, 6.07) is 16.4. The van der Waals surface area contributed by atoms with Crippen molar-refractivity contribution in [3.05, 3.63) is 78.0 Å². The van der Waals surface area contributed by atoms with Gasteiger partial charge in [-0.2, -0.15) is 5.10 Å². The van der Waals surface area contributed by atoms with Crippen molar-refractivity contribution >= 4 is 16.9 Å². The molecule has 0 atom stereocenters. The Morgan fingerprint density at radius 1 is 1.07 bits per heavy atom. The highest BCUT2D eigenvalue weighted by Crippen LogP contribution is 2.37. The van der Waals surface area contributed by atoms with E-state index in [0.29, 0.717) is 0 Å². The van der Waals surface area contributed by atoms with Crippen LogP contribution in [0.5, 0.6) is 0 Å². The van der Waals surface area contributed by atoms with Crippen molar-refractivity contribution in [2.75, 3.05) is 0 Å². The molecule has 0 bridgehead atoms. The monoisotopic (exact) mass is 372 g/mol. The number of H-pyrrole nitrogens is 1. The van der Waals surface area contributed by atoms with Gasteiger partial charge in [-0.05, 0) is 24.6 Å². The Balaban J connectivity index is 1.68. The lowest BCUT2D eigenvalue weighted by Gasteiger charge is -2.00. The van der Waals surface area contributed by atoms with Crippen LogP contribution in [0.25, 0.3) is 26.8 Å². The van der Waals surface area contributed by atoms with Crippen LogP contribution in [-0.4, -0.2) is 29.8 Å². The van der Waals surface area contributed by atoms with Crippen molar-refractivity contribution in [3.63, 3.8) is 0 Å². The Morgan fingerprint density at radius 3 is 2.74 bits per heavy atom. The molecule has 0 unspecified atom stereocenters. The topological polar surface area (TPSA) is 71.8 Å². The molecule has 0 aliphatic rings. The first kappa shape index (κ1) is 15.9. The molecule has 0 saturated carbocycles. The summed E-state index contributed by atoms with van der Waals surface area (Å²) in [4.78, 5) is 9.12. The van der Waals surface area contributed by atoms with Gasteiger partial charge in [-0.25, -0.2) is 9.50 Å². The SMILES string of the molecule is Cc1nn2ccccc2c1-c1nc(Cc2ccccc2)c(-c2nnc[nH]2)s1. The van der Waals surface area contributed by atoms with Crippen LogP contribution in [0.4, 0.5) is 0 Å². The van der Waals surface area contributed by atoms with Gasteiger partial charge < -0.3 is 4.98 Å². The molecule has 132 valence electrons. The summed E-state index contributed by atoms with van der Waals surface area (Å²) in [5.74, 6) is 0.749. The second kappa shape index (κ2) is 6.44. The van der Waals surface area contributed by atoms with Gasteiger partial charge in [0, 0.05) is 12.6 Å². The van der Waals surface area contributed by atoms with Gasteiger partial charge in [0.2, 0.25) is 0 Å². The zero-order valence-electron chi connectivity index (χ0n) is 14.6. The molecule has 0 saturated heterocycles. The van der Waals surface area contributed by atoms with Crippen LogP contribution in [0.15, 0.2) is 61.1 Å². The third-order valence-corrected chi connectivity index (χ3v) is 5.59. The van der Waals surface area contributed by atoms with E-state index in [4.69, 9.17) is 4.98 Å². The first-order valence-electron chi connectivity index (χ1n) is 8.64. The smallest absolute Gasteiger partial charge is 0.173 e. The first-order valence-corrected chi connectivity index (χ1v) is 9.45. The fourth-order valence-electron chi connectivity index (χ4n) is 3.25. The minimum absolute atomic E-state index is 0.742. The van der Waals surface area contributed by atoms with Crippen molar-refractivity contribution in [1.82, 2.24) is 29.8 Å². The van der Waals surface area contributed by atoms with Crippen LogP contribution < -0.4 is 0 Å². The molecule has 0 radical (unpaired) electrons. The van der Waals surface area contributed by atoms with E-state index in [1.807, 2.05) is 48.0 Å². The molecular formula is C20H16N6S. The molecule has 4 heterocycles. The maximum Gasteiger partial charge on any atom is 0.173 e.